The molecule has 1 N–H and O–H groups in total. The van der Waals surface area contributed by atoms with Crippen LogP contribution >= 0.6 is 43.2 Å². The fourth-order valence-corrected chi connectivity index (χ4v) is 2.11. The van der Waals surface area contributed by atoms with Gasteiger partial charge < -0.3 is 5.11 Å². The smallest absolute Gasteiger partial charge is 0.330 e. The van der Waals surface area contributed by atoms with Crippen LogP contribution in [0.4, 0.5) is 8.78 Å². The summed E-state index contributed by atoms with van der Waals surface area (Å²) in [6.45, 7) is 0. The van der Waals surface area contributed by atoms with Gasteiger partial charge in [-0.15, -0.1) is 11.3 Å². The van der Waals surface area contributed by atoms with E-state index in [0.717, 1.165) is 0 Å². The first-order chi connectivity index (χ1) is 5.41. The van der Waals surface area contributed by atoms with Crippen LogP contribution in [0.3, 0.4) is 0 Å². The molecule has 0 saturated heterocycles. The minimum atomic E-state index is -3.27. The molecule has 0 bridgehead atoms. The third-order valence-corrected chi connectivity index (χ3v) is 3.17. The molecule has 1 heterocycles. The average Bonchev–Trinajstić information content (AvgIpc) is 2.32. The number of halogens is 4. The molecule has 1 atom stereocenters. The van der Waals surface area contributed by atoms with Crippen LogP contribution in [0.2, 0.25) is 0 Å². The van der Waals surface area contributed by atoms with Crippen molar-refractivity contribution in [3.8, 4) is 0 Å². The van der Waals surface area contributed by atoms with Crippen LogP contribution in [0, 0.1) is 0 Å². The summed E-state index contributed by atoms with van der Waals surface area (Å²) in [5.74, 6) is 0. The minimum absolute atomic E-state index is 0.203. The SMILES string of the molecule is OC(c1csc(Br)c1)C(F)(F)Br. The fraction of sp³-hybridized carbons (Fsp3) is 0.333. The van der Waals surface area contributed by atoms with Gasteiger partial charge in [-0.05, 0) is 48.9 Å². The van der Waals surface area contributed by atoms with E-state index < -0.39 is 10.9 Å². The lowest BCUT2D eigenvalue weighted by molar-refractivity contribution is -0.0292. The van der Waals surface area contributed by atoms with E-state index in [0.29, 0.717) is 3.79 Å². The zero-order valence-corrected chi connectivity index (χ0v) is 9.59. The first-order valence-electron chi connectivity index (χ1n) is 2.90. The number of alkyl halides is 3. The van der Waals surface area contributed by atoms with E-state index in [4.69, 9.17) is 5.11 Å². The Balaban J connectivity index is 2.85. The van der Waals surface area contributed by atoms with Crippen molar-refractivity contribution in [2.45, 2.75) is 10.9 Å². The molecule has 0 saturated carbocycles. The second kappa shape index (κ2) is 3.69. The summed E-state index contributed by atoms with van der Waals surface area (Å²) in [5.41, 5.74) is 0.203. The van der Waals surface area contributed by atoms with E-state index >= 15 is 0 Å². The van der Waals surface area contributed by atoms with Crippen molar-refractivity contribution in [1.82, 2.24) is 0 Å². The molecule has 1 aromatic rings. The van der Waals surface area contributed by atoms with Gasteiger partial charge in [0.25, 0.3) is 0 Å². The van der Waals surface area contributed by atoms with Crippen LogP contribution in [0.25, 0.3) is 0 Å². The molecule has 0 radical (unpaired) electrons. The molecule has 68 valence electrons. The lowest BCUT2D eigenvalue weighted by Gasteiger charge is -2.14. The molecular weight excluding hydrogens is 318 g/mol. The monoisotopic (exact) mass is 320 g/mol. The third-order valence-electron chi connectivity index (χ3n) is 1.21. The van der Waals surface area contributed by atoms with Gasteiger partial charge in [-0.3, -0.25) is 0 Å². The minimum Gasteiger partial charge on any atom is -0.381 e. The number of hydrogen-bond acceptors (Lipinski definition) is 2. The van der Waals surface area contributed by atoms with E-state index in [-0.39, 0.29) is 5.56 Å². The van der Waals surface area contributed by atoms with Crippen molar-refractivity contribution < 1.29 is 13.9 Å². The molecule has 0 aliphatic rings. The molecule has 0 aromatic carbocycles. The highest BCUT2D eigenvalue weighted by atomic mass is 79.9. The average molecular weight is 322 g/mol. The second-order valence-electron chi connectivity index (χ2n) is 2.13. The molecule has 6 heteroatoms. The molecule has 0 aliphatic heterocycles. The standard InChI is InChI=1S/C6H4Br2F2OS/c7-4-1-3(2-12-4)5(11)6(8,9)10/h1-2,5,11H. The van der Waals surface area contributed by atoms with Gasteiger partial charge in [-0.1, -0.05) is 0 Å². The van der Waals surface area contributed by atoms with Gasteiger partial charge in [0, 0.05) is 0 Å². The van der Waals surface area contributed by atoms with E-state index in [1.165, 1.54) is 22.8 Å². The number of aliphatic hydroxyl groups excluding tert-OH is 1. The molecule has 0 spiro atoms. The summed E-state index contributed by atoms with van der Waals surface area (Å²) < 4.78 is 25.6. The van der Waals surface area contributed by atoms with Crippen LogP contribution in [0.5, 0.6) is 0 Å². The van der Waals surface area contributed by atoms with Gasteiger partial charge in [-0.25, -0.2) is 0 Å². The summed E-state index contributed by atoms with van der Waals surface area (Å²) in [6.07, 6.45) is -1.79. The second-order valence-corrected chi connectivity index (χ2v) is 5.48. The first kappa shape index (κ1) is 10.6. The molecule has 12 heavy (non-hydrogen) atoms. The van der Waals surface area contributed by atoms with Crippen molar-refractivity contribution in [2.75, 3.05) is 0 Å². The quantitative estimate of drug-likeness (QED) is 0.826. The number of aliphatic hydroxyl groups is 1. The van der Waals surface area contributed by atoms with E-state index in [2.05, 4.69) is 31.9 Å². The molecule has 0 aliphatic carbocycles. The summed E-state index contributed by atoms with van der Waals surface area (Å²) >= 11 is 6.46. The Morgan fingerprint density at radius 3 is 2.50 bits per heavy atom. The van der Waals surface area contributed by atoms with Gasteiger partial charge in [0.1, 0.15) is 0 Å². The van der Waals surface area contributed by atoms with Gasteiger partial charge in [-0.2, -0.15) is 8.78 Å². The topological polar surface area (TPSA) is 20.2 Å². The van der Waals surface area contributed by atoms with Crippen molar-refractivity contribution in [3.05, 3.63) is 20.8 Å². The van der Waals surface area contributed by atoms with E-state index in [9.17, 15) is 8.78 Å². The highest BCUT2D eigenvalue weighted by Crippen LogP contribution is 2.38. The molecule has 1 nitrogen and oxygen atoms in total. The van der Waals surface area contributed by atoms with Gasteiger partial charge in [0.05, 0.1) is 3.79 Å². The highest BCUT2D eigenvalue weighted by Gasteiger charge is 2.36. The molecule has 1 unspecified atom stereocenters. The zero-order valence-electron chi connectivity index (χ0n) is 5.60. The van der Waals surface area contributed by atoms with Gasteiger partial charge in [0.2, 0.25) is 0 Å². The Kier molecular flexibility index (Phi) is 3.25. The van der Waals surface area contributed by atoms with Crippen molar-refractivity contribution in [3.63, 3.8) is 0 Å². The van der Waals surface area contributed by atoms with E-state index in [1.807, 2.05) is 0 Å². The van der Waals surface area contributed by atoms with Crippen molar-refractivity contribution in [1.29, 1.82) is 0 Å². The maximum atomic E-state index is 12.5. The Hall–Kier alpha value is 0.480. The fourth-order valence-electron chi connectivity index (χ4n) is 0.656. The number of rotatable bonds is 2. The van der Waals surface area contributed by atoms with Crippen LogP contribution in [-0.4, -0.2) is 9.94 Å². The van der Waals surface area contributed by atoms with E-state index in [1.54, 1.807) is 0 Å². The lowest BCUT2D eigenvalue weighted by Crippen LogP contribution is -2.17. The summed E-state index contributed by atoms with van der Waals surface area (Å²) in [6, 6.07) is 1.46. The maximum Gasteiger partial charge on any atom is 0.330 e. The third kappa shape index (κ3) is 2.48. The predicted molar refractivity (Wildman–Crippen MR) is 50.9 cm³/mol. The Morgan fingerprint density at radius 2 is 2.17 bits per heavy atom. The summed E-state index contributed by atoms with van der Waals surface area (Å²) in [5, 5.41) is 10.5. The van der Waals surface area contributed by atoms with Gasteiger partial charge in [0.15, 0.2) is 6.10 Å². The predicted octanol–water partition coefficient (Wildman–Crippen LogP) is 3.53. The zero-order chi connectivity index (χ0) is 9.35. The van der Waals surface area contributed by atoms with Crippen molar-refractivity contribution in [2.24, 2.45) is 0 Å². The van der Waals surface area contributed by atoms with Crippen LogP contribution in [0.1, 0.15) is 11.7 Å². The maximum absolute atomic E-state index is 12.5. The first-order valence-corrected chi connectivity index (χ1v) is 5.36. The Labute approximate surface area is 88.7 Å². The van der Waals surface area contributed by atoms with Gasteiger partial charge >= 0.3 is 4.83 Å². The lowest BCUT2D eigenvalue weighted by atomic mass is 10.2. The normalized spacial score (nSPS) is 14.8. The largest absolute Gasteiger partial charge is 0.381 e. The molecule has 0 fully saturated rings. The van der Waals surface area contributed by atoms with Crippen LogP contribution < -0.4 is 0 Å². The Bertz CT molecular complexity index is 271. The van der Waals surface area contributed by atoms with Crippen LogP contribution in [0.15, 0.2) is 15.2 Å². The van der Waals surface area contributed by atoms with Crippen LogP contribution in [-0.2, 0) is 0 Å². The highest BCUT2D eigenvalue weighted by molar-refractivity contribution is 9.11. The molecular formula is C6H4Br2F2OS. The Morgan fingerprint density at radius 1 is 1.58 bits per heavy atom. The molecule has 1 rings (SSSR count). The molecule has 1 aromatic heterocycles. The van der Waals surface area contributed by atoms with Crippen molar-refractivity contribution >= 4 is 43.2 Å². The number of hydrogen-bond donors (Lipinski definition) is 1. The number of thiophene rings is 1. The molecule has 0 amide bonds. The summed E-state index contributed by atoms with van der Waals surface area (Å²) in [7, 11) is 0. The summed E-state index contributed by atoms with van der Waals surface area (Å²) in [4.78, 5) is -3.27.